The normalized spacial score (nSPS) is 12.2. The highest BCUT2D eigenvalue weighted by atomic mass is 31.1. The third kappa shape index (κ3) is 3.61. The van der Waals surface area contributed by atoms with E-state index in [2.05, 4.69) is 4.98 Å². The van der Waals surface area contributed by atoms with Crippen molar-refractivity contribution in [3.8, 4) is 0 Å². The van der Waals surface area contributed by atoms with Crippen molar-refractivity contribution >= 4 is 20.2 Å². The summed E-state index contributed by atoms with van der Waals surface area (Å²) in [5.41, 5.74) is 3.71. The van der Waals surface area contributed by atoms with E-state index >= 15 is 0 Å². The topological polar surface area (TPSA) is 30.0 Å². The molecule has 0 spiro atoms. The van der Waals surface area contributed by atoms with Crippen molar-refractivity contribution in [2.75, 3.05) is 6.66 Å². The van der Waals surface area contributed by atoms with Crippen LogP contribution in [-0.4, -0.2) is 17.2 Å². The van der Waals surface area contributed by atoms with E-state index in [1.165, 1.54) is 0 Å². The molecule has 3 heteroatoms. The predicted molar refractivity (Wildman–Crippen MR) is 76.1 cm³/mol. The number of nitrogens with zero attached hydrogens (tertiary/aromatic N) is 1. The van der Waals surface area contributed by atoms with Crippen molar-refractivity contribution in [3.05, 3.63) is 46.8 Å². The molecule has 1 unspecified atom stereocenters. The third-order valence-electron chi connectivity index (χ3n) is 2.49. The Balaban J connectivity index is 3.19. The fourth-order valence-electron chi connectivity index (χ4n) is 1.54. The lowest BCUT2D eigenvalue weighted by Gasteiger charge is -2.07. The minimum atomic E-state index is 0.177. The quantitative estimate of drug-likeness (QED) is 0.599. The van der Waals surface area contributed by atoms with Gasteiger partial charge in [-0.2, -0.15) is 0 Å². The van der Waals surface area contributed by atoms with Crippen molar-refractivity contribution in [2.45, 2.75) is 20.8 Å². The summed E-state index contributed by atoms with van der Waals surface area (Å²) < 4.78 is 0. The Morgan fingerprint density at radius 3 is 2.59 bits per heavy atom. The molecule has 0 aliphatic rings. The van der Waals surface area contributed by atoms with Gasteiger partial charge in [0.1, 0.15) is 0 Å². The zero-order chi connectivity index (χ0) is 12.8. The Morgan fingerprint density at radius 1 is 1.29 bits per heavy atom. The van der Waals surface area contributed by atoms with E-state index in [0.717, 1.165) is 22.5 Å². The molecule has 1 atom stereocenters. The van der Waals surface area contributed by atoms with E-state index in [1.54, 1.807) is 0 Å². The summed E-state index contributed by atoms with van der Waals surface area (Å²) in [7, 11) is 0.284. The number of pyridine rings is 1. The molecular formula is C14H18NOP. The number of hydrogen-bond donors (Lipinski definition) is 0. The largest absolute Gasteiger partial charge is 0.289 e. The molecule has 0 radical (unpaired) electrons. The van der Waals surface area contributed by atoms with Gasteiger partial charge in [0.05, 0.1) is 0 Å². The molecule has 0 fully saturated rings. The Bertz CT molecular complexity index is 475. The van der Waals surface area contributed by atoms with E-state index in [1.807, 2.05) is 57.8 Å². The molecule has 0 saturated carbocycles. The number of hydrogen-bond acceptors (Lipinski definition) is 2. The third-order valence-corrected chi connectivity index (χ3v) is 3.22. The number of allylic oxidation sites excluding steroid dienone is 3. The minimum Gasteiger partial charge on any atom is -0.289 e. The van der Waals surface area contributed by atoms with Gasteiger partial charge in [0.25, 0.3) is 0 Å². The van der Waals surface area contributed by atoms with E-state index in [4.69, 9.17) is 0 Å². The van der Waals surface area contributed by atoms with Gasteiger partial charge in [0.15, 0.2) is 5.52 Å². The van der Waals surface area contributed by atoms with Crippen molar-refractivity contribution in [1.29, 1.82) is 0 Å². The average molecular weight is 247 g/mol. The van der Waals surface area contributed by atoms with Crippen LogP contribution in [0.15, 0.2) is 24.3 Å². The maximum Gasteiger partial charge on any atom is 0.182 e. The van der Waals surface area contributed by atoms with Crippen LogP contribution >= 0.6 is 8.58 Å². The molecule has 1 aromatic rings. The van der Waals surface area contributed by atoms with Crippen molar-refractivity contribution in [1.82, 2.24) is 4.98 Å². The first-order valence-electron chi connectivity index (χ1n) is 5.59. The van der Waals surface area contributed by atoms with Crippen LogP contribution < -0.4 is 0 Å². The van der Waals surface area contributed by atoms with Crippen LogP contribution in [-0.2, 0) is 0 Å². The summed E-state index contributed by atoms with van der Waals surface area (Å²) in [6, 6.07) is 1.94. The van der Waals surface area contributed by atoms with E-state index < -0.39 is 0 Å². The Hall–Kier alpha value is -1.27. The Morgan fingerprint density at radius 2 is 2.00 bits per heavy atom. The number of rotatable bonds is 4. The van der Waals surface area contributed by atoms with Gasteiger partial charge in [-0.1, -0.05) is 24.3 Å². The molecule has 0 N–H and O–H groups in total. The minimum absolute atomic E-state index is 0.177. The van der Waals surface area contributed by atoms with Crippen LogP contribution in [0.4, 0.5) is 0 Å². The van der Waals surface area contributed by atoms with Gasteiger partial charge >= 0.3 is 0 Å². The SMILES string of the molecule is C/C=C/C=C\c1cc(C(=O)PC)c(C)nc1C. The summed E-state index contributed by atoms with van der Waals surface area (Å²) in [5.74, 6) is 0. The van der Waals surface area contributed by atoms with Crippen molar-refractivity contribution in [3.63, 3.8) is 0 Å². The Labute approximate surface area is 105 Å². The number of carbonyl (C=O) groups is 1. The molecule has 0 saturated heterocycles. The van der Waals surface area contributed by atoms with Gasteiger partial charge in [0.2, 0.25) is 0 Å². The molecule has 17 heavy (non-hydrogen) atoms. The maximum absolute atomic E-state index is 11.8. The van der Waals surface area contributed by atoms with Crippen molar-refractivity contribution in [2.24, 2.45) is 0 Å². The van der Waals surface area contributed by atoms with E-state index in [-0.39, 0.29) is 14.1 Å². The molecule has 0 aliphatic carbocycles. The molecule has 0 aliphatic heterocycles. The number of aryl methyl sites for hydroxylation is 2. The lowest BCUT2D eigenvalue weighted by atomic mass is 10.1. The summed E-state index contributed by atoms with van der Waals surface area (Å²) >= 11 is 0. The van der Waals surface area contributed by atoms with Crippen LogP contribution in [0.2, 0.25) is 0 Å². The van der Waals surface area contributed by atoms with E-state index in [9.17, 15) is 4.79 Å². The highest BCUT2D eigenvalue weighted by Crippen LogP contribution is 2.20. The lowest BCUT2D eigenvalue weighted by Crippen LogP contribution is -2.01. The summed E-state index contributed by atoms with van der Waals surface area (Å²) in [5, 5.41) is 0. The van der Waals surface area contributed by atoms with Crippen LogP contribution in [0.5, 0.6) is 0 Å². The first-order valence-corrected chi connectivity index (χ1v) is 7.09. The lowest BCUT2D eigenvalue weighted by molar-refractivity contribution is 0.108. The summed E-state index contributed by atoms with van der Waals surface area (Å²) in [6.07, 6.45) is 7.87. The van der Waals surface area contributed by atoms with Gasteiger partial charge in [-0.15, -0.1) is 0 Å². The zero-order valence-corrected chi connectivity index (χ0v) is 11.7. The second-order valence-electron chi connectivity index (χ2n) is 3.76. The predicted octanol–water partition coefficient (Wildman–Crippen LogP) is 3.74. The highest BCUT2D eigenvalue weighted by molar-refractivity contribution is 7.58. The fraction of sp³-hybridized carbons (Fsp3) is 0.286. The maximum atomic E-state index is 11.8. The average Bonchev–Trinajstić information content (AvgIpc) is 2.31. The highest BCUT2D eigenvalue weighted by Gasteiger charge is 2.10. The molecule has 2 nitrogen and oxygen atoms in total. The number of carbonyl (C=O) groups excluding carboxylic acids is 1. The Kier molecular flexibility index (Phi) is 5.24. The van der Waals surface area contributed by atoms with Gasteiger partial charge < -0.3 is 0 Å². The van der Waals surface area contributed by atoms with Crippen LogP contribution in [0, 0.1) is 13.8 Å². The number of aromatic nitrogens is 1. The smallest absolute Gasteiger partial charge is 0.182 e. The van der Waals surface area contributed by atoms with Crippen LogP contribution in [0.25, 0.3) is 6.08 Å². The molecular weight excluding hydrogens is 229 g/mol. The van der Waals surface area contributed by atoms with E-state index in [0.29, 0.717) is 0 Å². The summed E-state index contributed by atoms with van der Waals surface area (Å²) in [4.78, 5) is 16.2. The van der Waals surface area contributed by atoms with Gasteiger partial charge in [-0.05, 0) is 47.6 Å². The standard InChI is InChI=1S/C14H18NOP/c1-5-6-7-8-12-9-13(14(16)17-4)11(3)15-10(12)2/h5-9,17H,1-4H3/b6-5+,8-7-. The molecule has 90 valence electrons. The molecule has 1 aromatic heterocycles. The van der Waals surface area contributed by atoms with Gasteiger partial charge in [-0.25, -0.2) is 0 Å². The zero-order valence-electron chi connectivity index (χ0n) is 10.7. The first kappa shape index (κ1) is 13.8. The van der Waals surface area contributed by atoms with Crippen LogP contribution in [0.1, 0.15) is 34.2 Å². The first-order chi connectivity index (χ1) is 8.10. The van der Waals surface area contributed by atoms with Gasteiger partial charge in [0, 0.05) is 17.0 Å². The molecule has 1 rings (SSSR count). The van der Waals surface area contributed by atoms with Gasteiger partial charge in [-0.3, -0.25) is 9.78 Å². The molecule has 1 heterocycles. The molecule has 0 bridgehead atoms. The molecule has 0 amide bonds. The second kappa shape index (κ2) is 6.46. The second-order valence-corrected chi connectivity index (χ2v) is 4.71. The molecule has 0 aromatic carbocycles. The summed E-state index contributed by atoms with van der Waals surface area (Å²) in [6.45, 7) is 7.72. The van der Waals surface area contributed by atoms with Crippen molar-refractivity contribution < 1.29 is 4.79 Å². The van der Waals surface area contributed by atoms with Crippen LogP contribution in [0.3, 0.4) is 0 Å². The fourth-order valence-corrected chi connectivity index (χ4v) is 2.07. The monoisotopic (exact) mass is 247 g/mol.